The number of alkyl halides is 3. The van der Waals surface area contributed by atoms with E-state index in [1.54, 1.807) is 35.2 Å². The smallest absolute Gasteiger partial charge is 0.416 e. The lowest BCUT2D eigenvalue weighted by Crippen LogP contribution is -2.48. The molecule has 5 rings (SSSR count). The normalized spacial score (nSPS) is 20.5. The zero-order valence-corrected chi connectivity index (χ0v) is 25.1. The van der Waals surface area contributed by atoms with Crippen molar-refractivity contribution in [3.05, 3.63) is 101 Å². The number of carboxylic acid groups (broad SMARTS) is 1. The zero-order valence-electron chi connectivity index (χ0n) is 25.1. The number of ether oxygens (including phenoxy) is 1. The standard InChI is InChI=1S/C35H39F3N2O4/c1-25(2)44-30-10-6-7-26(23-30)31(41)40-22-16-33(24-40,27-11-13-29(14-12-27)35(36,37)38)15-19-39-20-17-34(18-21-39,32(42)43)28-8-4-3-5-9-28/h3-14,23,25H,15-22,24H2,1-2H3,(H,42,43). The number of hydrogen-bond donors (Lipinski definition) is 1. The second-order valence-electron chi connectivity index (χ2n) is 12.4. The van der Waals surface area contributed by atoms with Crippen molar-refractivity contribution in [1.82, 2.24) is 9.80 Å². The molecular formula is C35H39F3N2O4. The van der Waals surface area contributed by atoms with Crippen molar-refractivity contribution in [2.45, 2.75) is 62.6 Å². The second-order valence-corrected chi connectivity index (χ2v) is 12.4. The van der Waals surface area contributed by atoms with Crippen LogP contribution in [0.4, 0.5) is 13.2 Å². The zero-order chi connectivity index (χ0) is 31.5. The molecule has 2 aliphatic rings. The molecular weight excluding hydrogens is 569 g/mol. The number of likely N-dealkylation sites (tertiary alicyclic amines) is 2. The number of benzene rings is 3. The summed E-state index contributed by atoms with van der Waals surface area (Å²) in [5.74, 6) is -0.352. The average molecular weight is 609 g/mol. The van der Waals surface area contributed by atoms with Gasteiger partial charge in [-0.3, -0.25) is 9.59 Å². The van der Waals surface area contributed by atoms with Crippen molar-refractivity contribution in [1.29, 1.82) is 0 Å². The van der Waals surface area contributed by atoms with Crippen LogP contribution in [-0.4, -0.2) is 65.6 Å². The number of aliphatic carboxylic acids is 1. The monoisotopic (exact) mass is 608 g/mol. The SMILES string of the molecule is CC(C)Oc1cccc(C(=O)N2CCC(CCN3CCC(C(=O)O)(c4ccccc4)CC3)(c3ccc(C(F)(F)F)cc3)C2)c1. The summed E-state index contributed by atoms with van der Waals surface area (Å²) in [5.41, 5.74) is -0.0838. The van der Waals surface area contributed by atoms with Crippen LogP contribution in [0.2, 0.25) is 0 Å². The van der Waals surface area contributed by atoms with E-state index in [2.05, 4.69) is 4.90 Å². The maximum Gasteiger partial charge on any atom is 0.416 e. The molecule has 0 saturated carbocycles. The van der Waals surface area contributed by atoms with Gasteiger partial charge in [-0.15, -0.1) is 0 Å². The van der Waals surface area contributed by atoms with Crippen molar-refractivity contribution in [3.8, 4) is 5.75 Å². The van der Waals surface area contributed by atoms with Crippen molar-refractivity contribution in [3.63, 3.8) is 0 Å². The summed E-state index contributed by atoms with van der Waals surface area (Å²) in [7, 11) is 0. The lowest BCUT2D eigenvalue weighted by Gasteiger charge is -2.40. The van der Waals surface area contributed by atoms with E-state index >= 15 is 0 Å². The number of carboxylic acids is 1. The van der Waals surface area contributed by atoms with Crippen LogP contribution in [0.15, 0.2) is 78.9 Å². The number of piperidine rings is 1. The van der Waals surface area contributed by atoms with E-state index in [1.165, 1.54) is 0 Å². The first-order valence-electron chi connectivity index (χ1n) is 15.2. The van der Waals surface area contributed by atoms with Crippen LogP contribution in [0, 0.1) is 0 Å². The van der Waals surface area contributed by atoms with Crippen LogP contribution in [0.3, 0.4) is 0 Å². The van der Waals surface area contributed by atoms with Gasteiger partial charge in [0.2, 0.25) is 0 Å². The molecule has 44 heavy (non-hydrogen) atoms. The average Bonchev–Trinajstić information content (AvgIpc) is 3.45. The summed E-state index contributed by atoms with van der Waals surface area (Å²) in [5, 5.41) is 10.2. The Morgan fingerprint density at radius 3 is 2.18 bits per heavy atom. The molecule has 2 fully saturated rings. The van der Waals surface area contributed by atoms with E-state index in [1.807, 2.05) is 50.2 Å². The Morgan fingerprint density at radius 1 is 0.886 bits per heavy atom. The number of rotatable bonds is 9. The summed E-state index contributed by atoms with van der Waals surface area (Å²) >= 11 is 0. The summed E-state index contributed by atoms with van der Waals surface area (Å²) in [6.45, 7) is 6.52. The first-order valence-corrected chi connectivity index (χ1v) is 15.2. The van der Waals surface area contributed by atoms with Crippen molar-refractivity contribution < 1.29 is 32.6 Å². The first kappa shape index (κ1) is 31.6. The fraction of sp³-hybridized carbons (Fsp3) is 0.429. The lowest BCUT2D eigenvalue weighted by atomic mass is 9.72. The molecule has 2 aliphatic heterocycles. The molecule has 234 valence electrons. The number of hydrogen-bond acceptors (Lipinski definition) is 4. The molecule has 0 aliphatic carbocycles. The molecule has 3 aromatic carbocycles. The molecule has 1 atom stereocenters. The van der Waals surface area contributed by atoms with Gasteiger partial charge in [0.1, 0.15) is 5.75 Å². The van der Waals surface area contributed by atoms with Gasteiger partial charge in [0.15, 0.2) is 0 Å². The van der Waals surface area contributed by atoms with Crippen molar-refractivity contribution >= 4 is 11.9 Å². The highest BCUT2D eigenvalue weighted by molar-refractivity contribution is 5.95. The van der Waals surface area contributed by atoms with Gasteiger partial charge in [-0.1, -0.05) is 48.5 Å². The van der Waals surface area contributed by atoms with E-state index in [0.717, 1.165) is 23.3 Å². The molecule has 3 aromatic rings. The highest BCUT2D eigenvalue weighted by Crippen LogP contribution is 2.41. The molecule has 1 unspecified atom stereocenters. The molecule has 1 N–H and O–H groups in total. The van der Waals surface area contributed by atoms with Gasteiger partial charge in [-0.2, -0.15) is 13.2 Å². The molecule has 1 amide bonds. The van der Waals surface area contributed by atoms with E-state index in [9.17, 15) is 27.9 Å². The fourth-order valence-electron chi connectivity index (χ4n) is 6.71. The van der Waals surface area contributed by atoms with Crippen LogP contribution >= 0.6 is 0 Å². The summed E-state index contributed by atoms with van der Waals surface area (Å²) in [4.78, 5) is 30.1. The van der Waals surface area contributed by atoms with Crippen molar-refractivity contribution in [2.75, 3.05) is 32.7 Å². The number of carbonyl (C=O) groups is 2. The molecule has 2 saturated heterocycles. The Labute approximate surface area is 256 Å². The van der Waals surface area contributed by atoms with Gasteiger partial charge < -0.3 is 19.6 Å². The second kappa shape index (κ2) is 12.6. The third kappa shape index (κ3) is 6.62. The molecule has 2 heterocycles. The largest absolute Gasteiger partial charge is 0.491 e. The molecule has 0 radical (unpaired) electrons. The Bertz CT molecular complexity index is 1450. The van der Waals surface area contributed by atoms with Gasteiger partial charge in [-0.05, 0) is 101 Å². The van der Waals surface area contributed by atoms with Gasteiger partial charge in [0, 0.05) is 24.1 Å². The van der Waals surface area contributed by atoms with Crippen LogP contribution in [-0.2, 0) is 21.8 Å². The van der Waals surface area contributed by atoms with E-state index in [0.29, 0.717) is 69.7 Å². The molecule has 0 aromatic heterocycles. The lowest BCUT2D eigenvalue weighted by molar-refractivity contribution is -0.146. The van der Waals surface area contributed by atoms with Gasteiger partial charge >= 0.3 is 12.1 Å². The number of carbonyl (C=O) groups excluding carboxylic acids is 1. The maximum absolute atomic E-state index is 13.6. The predicted octanol–water partition coefficient (Wildman–Crippen LogP) is 6.79. The predicted molar refractivity (Wildman–Crippen MR) is 162 cm³/mol. The van der Waals surface area contributed by atoms with E-state index in [-0.39, 0.29) is 12.0 Å². The Morgan fingerprint density at radius 2 is 1.57 bits per heavy atom. The third-order valence-electron chi connectivity index (χ3n) is 9.27. The molecule has 6 nitrogen and oxygen atoms in total. The Balaban J connectivity index is 1.34. The van der Waals surface area contributed by atoms with Gasteiger partial charge in [0.25, 0.3) is 5.91 Å². The van der Waals surface area contributed by atoms with E-state index in [4.69, 9.17) is 4.74 Å². The van der Waals surface area contributed by atoms with Crippen LogP contribution in [0.25, 0.3) is 0 Å². The third-order valence-corrected chi connectivity index (χ3v) is 9.27. The minimum Gasteiger partial charge on any atom is -0.491 e. The Hall–Kier alpha value is -3.85. The highest BCUT2D eigenvalue weighted by Gasteiger charge is 2.45. The topological polar surface area (TPSA) is 70.1 Å². The van der Waals surface area contributed by atoms with Crippen LogP contribution in [0.5, 0.6) is 5.75 Å². The summed E-state index contributed by atoms with van der Waals surface area (Å²) in [6.07, 6.45) is -2.29. The molecule has 9 heteroatoms. The maximum atomic E-state index is 13.6. The number of halogens is 3. The quantitative estimate of drug-likeness (QED) is 0.290. The highest BCUT2D eigenvalue weighted by atomic mass is 19.4. The van der Waals surface area contributed by atoms with E-state index < -0.39 is 28.5 Å². The minimum absolute atomic E-state index is 0.0393. The number of amides is 1. The molecule has 0 bridgehead atoms. The fourth-order valence-corrected chi connectivity index (χ4v) is 6.71. The van der Waals surface area contributed by atoms with Crippen molar-refractivity contribution in [2.24, 2.45) is 0 Å². The first-order chi connectivity index (χ1) is 20.9. The molecule has 0 spiro atoms. The van der Waals surface area contributed by atoms with Crippen LogP contribution < -0.4 is 4.74 Å². The van der Waals surface area contributed by atoms with Gasteiger partial charge in [-0.25, -0.2) is 0 Å². The van der Waals surface area contributed by atoms with Crippen LogP contribution in [0.1, 0.15) is 66.6 Å². The number of nitrogens with zero attached hydrogens (tertiary/aromatic N) is 2. The minimum atomic E-state index is -4.43. The van der Waals surface area contributed by atoms with Gasteiger partial charge in [0.05, 0.1) is 17.1 Å². The summed E-state index contributed by atoms with van der Waals surface area (Å²) in [6, 6.07) is 21.8. The Kier molecular flexibility index (Phi) is 9.07. The summed E-state index contributed by atoms with van der Waals surface area (Å²) < 4.78 is 45.9.